The van der Waals surface area contributed by atoms with E-state index < -0.39 is 10.0 Å². The zero-order valence-electron chi connectivity index (χ0n) is 11.5. The van der Waals surface area contributed by atoms with Crippen LogP contribution in [-0.2, 0) is 10.0 Å². The van der Waals surface area contributed by atoms with Gasteiger partial charge in [0.25, 0.3) is 0 Å². The SMILES string of the molecule is CN(CC(C)(C)CN)S(=O)(=O)c1c(Cl)cc(Cl)cc1Cl. The van der Waals surface area contributed by atoms with Crippen molar-refractivity contribution in [2.24, 2.45) is 11.1 Å². The van der Waals surface area contributed by atoms with Gasteiger partial charge in [0.2, 0.25) is 10.0 Å². The lowest BCUT2D eigenvalue weighted by molar-refractivity contribution is 0.292. The molecule has 0 spiro atoms. The number of nitrogens with two attached hydrogens (primary N) is 1. The zero-order chi connectivity index (χ0) is 15.7. The number of hydrogen-bond acceptors (Lipinski definition) is 3. The summed E-state index contributed by atoms with van der Waals surface area (Å²) >= 11 is 17.7. The number of sulfonamides is 1. The lowest BCUT2D eigenvalue weighted by Crippen LogP contribution is -2.39. The largest absolute Gasteiger partial charge is 0.330 e. The molecule has 0 saturated carbocycles. The van der Waals surface area contributed by atoms with Crippen molar-refractivity contribution in [2.75, 3.05) is 20.1 Å². The molecule has 1 aromatic rings. The van der Waals surface area contributed by atoms with Gasteiger partial charge in [-0.05, 0) is 24.1 Å². The molecule has 2 N–H and O–H groups in total. The molecule has 0 fully saturated rings. The van der Waals surface area contributed by atoms with Gasteiger partial charge in [-0.15, -0.1) is 0 Å². The van der Waals surface area contributed by atoms with Crippen molar-refractivity contribution in [3.63, 3.8) is 0 Å². The van der Waals surface area contributed by atoms with Crippen molar-refractivity contribution in [1.82, 2.24) is 4.31 Å². The van der Waals surface area contributed by atoms with Crippen LogP contribution in [0.5, 0.6) is 0 Å². The first kappa shape index (κ1) is 18.0. The van der Waals surface area contributed by atoms with Crippen molar-refractivity contribution in [1.29, 1.82) is 0 Å². The number of halogens is 3. The number of nitrogens with zero attached hydrogens (tertiary/aromatic N) is 1. The maximum absolute atomic E-state index is 12.6. The smallest absolute Gasteiger partial charge is 0.245 e. The number of hydrogen-bond donors (Lipinski definition) is 1. The third-order valence-corrected chi connectivity index (χ3v) is 5.78. The first-order valence-electron chi connectivity index (χ1n) is 5.82. The van der Waals surface area contributed by atoms with Gasteiger partial charge >= 0.3 is 0 Å². The Morgan fingerprint density at radius 3 is 2.05 bits per heavy atom. The van der Waals surface area contributed by atoms with Crippen LogP contribution >= 0.6 is 34.8 Å². The summed E-state index contributed by atoms with van der Waals surface area (Å²) in [5.74, 6) is 0. The predicted octanol–water partition coefficient (Wildman–Crippen LogP) is 3.25. The van der Waals surface area contributed by atoms with E-state index in [1.807, 2.05) is 13.8 Å². The third kappa shape index (κ3) is 4.00. The predicted molar refractivity (Wildman–Crippen MR) is 84.1 cm³/mol. The van der Waals surface area contributed by atoms with Gasteiger partial charge in [-0.25, -0.2) is 12.7 Å². The fourth-order valence-electron chi connectivity index (χ4n) is 1.68. The van der Waals surface area contributed by atoms with Crippen LogP contribution in [0.15, 0.2) is 17.0 Å². The second-order valence-electron chi connectivity index (χ2n) is 5.33. The Kier molecular flexibility index (Phi) is 5.75. The fourth-order valence-corrected chi connectivity index (χ4v) is 4.53. The van der Waals surface area contributed by atoms with Crippen LogP contribution in [0.2, 0.25) is 15.1 Å². The summed E-state index contributed by atoms with van der Waals surface area (Å²) in [5, 5.41) is 0.281. The fraction of sp³-hybridized carbons (Fsp3) is 0.500. The molecule has 0 aromatic heterocycles. The molecule has 0 aliphatic rings. The molecular formula is C12H17Cl3N2O2S. The molecule has 0 aliphatic heterocycles. The Bertz CT molecular complexity index is 580. The minimum absolute atomic E-state index is 0.0000883. The second-order valence-corrected chi connectivity index (χ2v) is 8.56. The van der Waals surface area contributed by atoms with Gasteiger partial charge in [0, 0.05) is 18.6 Å². The van der Waals surface area contributed by atoms with Crippen molar-refractivity contribution < 1.29 is 8.42 Å². The van der Waals surface area contributed by atoms with Crippen molar-refractivity contribution in [3.8, 4) is 0 Å². The van der Waals surface area contributed by atoms with Gasteiger partial charge in [0.15, 0.2) is 0 Å². The van der Waals surface area contributed by atoms with E-state index in [9.17, 15) is 8.42 Å². The number of benzene rings is 1. The van der Waals surface area contributed by atoms with Crippen molar-refractivity contribution in [2.45, 2.75) is 18.7 Å². The van der Waals surface area contributed by atoms with Crippen LogP contribution in [0.1, 0.15) is 13.8 Å². The van der Waals surface area contributed by atoms with Crippen LogP contribution in [0.25, 0.3) is 0 Å². The molecule has 0 atom stereocenters. The Morgan fingerprint density at radius 1 is 1.20 bits per heavy atom. The van der Waals surface area contributed by atoms with E-state index in [0.29, 0.717) is 6.54 Å². The molecule has 0 heterocycles. The summed E-state index contributed by atoms with van der Waals surface area (Å²) in [4.78, 5) is -0.138. The van der Waals surface area contributed by atoms with Gasteiger partial charge in [0.1, 0.15) is 4.90 Å². The summed E-state index contributed by atoms with van der Waals surface area (Å²) in [6.07, 6.45) is 0. The first-order chi connectivity index (χ1) is 9.01. The molecular weight excluding hydrogens is 343 g/mol. The van der Waals surface area contributed by atoms with Crippen LogP contribution in [-0.4, -0.2) is 32.9 Å². The summed E-state index contributed by atoms with van der Waals surface area (Å²) in [6, 6.07) is 2.70. The van der Waals surface area contributed by atoms with Crippen LogP contribution < -0.4 is 5.73 Å². The van der Waals surface area contributed by atoms with E-state index >= 15 is 0 Å². The molecule has 114 valence electrons. The van der Waals surface area contributed by atoms with E-state index in [2.05, 4.69) is 0 Å². The van der Waals surface area contributed by atoms with Gasteiger partial charge in [-0.2, -0.15) is 0 Å². The Balaban J connectivity index is 3.24. The lowest BCUT2D eigenvalue weighted by atomic mass is 9.94. The highest BCUT2D eigenvalue weighted by molar-refractivity contribution is 7.89. The third-order valence-electron chi connectivity index (χ3n) is 2.83. The molecule has 0 unspecified atom stereocenters. The highest BCUT2D eigenvalue weighted by Crippen LogP contribution is 2.34. The quantitative estimate of drug-likeness (QED) is 0.877. The van der Waals surface area contributed by atoms with Gasteiger partial charge in [-0.1, -0.05) is 48.7 Å². The first-order valence-corrected chi connectivity index (χ1v) is 8.39. The van der Waals surface area contributed by atoms with E-state index in [0.717, 1.165) is 0 Å². The molecule has 0 radical (unpaired) electrons. The molecule has 8 heteroatoms. The Morgan fingerprint density at radius 2 is 1.65 bits per heavy atom. The van der Waals surface area contributed by atoms with Gasteiger partial charge in [-0.3, -0.25) is 0 Å². The molecule has 20 heavy (non-hydrogen) atoms. The molecule has 1 aromatic carbocycles. The standard InChI is InChI=1S/C12H17Cl3N2O2S/c1-12(2,6-16)7-17(3)20(18,19)11-9(14)4-8(13)5-10(11)15/h4-5H,6-7,16H2,1-3H3. The summed E-state index contributed by atoms with van der Waals surface area (Å²) < 4.78 is 26.3. The zero-order valence-corrected chi connectivity index (χ0v) is 14.5. The average Bonchev–Trinajstić information content (AvgIpc) is 2.26. The highest BCUT2D eigenvalue weighted by Gasteiger charge is 2.30. The molecule has 4 nitrogen and oxygen atoms in total. The minimum atomic E-state index is -3.81. The van der Waals surface area contributed by atoms with Crippen LogP contribution in [0, 0.1) is 5.41 Å². The van der Waals surface area contributed by atoms with Gasteiger partial charge in [0.05, 0.1) is 10.0 Å². The van der Waals surface area contributed by atoms with E-state index in [-0.39, 0.29) is 31.9 Å². The van der Waals surface area contributed by atoms with Crippen molar-refractivity contribution >= 4 is 44.8 Å². The maximum atomic E-state index is 12.6. The van der Waals surface area contributed by atoms with E-state index in [1.54, 1.807) is 0 Å². The summed E-state index contributed by atoms with van der Waals surface area (Å²) in [6.45, 7) is 4.37. The molecule has 0 bridgehead atoms. The molecule has 0 amide bonds. The topological polar surface area (TPSA) is 63.4 Å². The molecule has 1 rings (SSSR count). The minimum Gasteiger partial charge on any atom is -0.330 e. The molecule has 0 aliphatic carbocycles. The number of rotatable bonds is 5. The summed E-state index contributed by atoms with van der Waals surface area (Å²) in [5.41, 5.74) is 5.27. The van der Waals surface area contributed by atoms with Crippen LogP contribution in [0.3, 0.4) is 0 Å². The summed E-state index contributed by atoms with van der Waals surface area (Å²) in [7, 11) is -2.34. The monoisotopic (exact) mass is 358 g/mol. The molecule has 0 saturated heterocycles. The Hall–Kier alpha value is -0.0400. The van der Waals surface area contributed by atoms with Gasteiger partial charge < -0.3 is 5.73 Å². The maximum Gasteiger partial charge on any atom is 0.245 e. The average molecular weight is 360 g/mol. The Labute approximate surface area is 134 Å². The lowest BCUT2D eigenvalue weighted by Gasteiger charge is -2.28. The van der Waals surface area contributed by atoms with E-state index in [1.165, 1.54) is 23.5 Å². The normalized spacial score (nSPS) is 13.0. The van der Waals surface area contributed by atoms with E-state index in [4.69, 9.17) is 40.5 Å². The van der Waals surface area contributed by atoms with Crippen LogP contribution in [0.4, 0.5) is 0 Å². The second kappa shape index (κ2) is 6.38. The van der Waals surface area contributed by atoms with Crippen molar-refractivity contribution in [3.05, 3.63) is 27.2 Å². The highest BCUT2D eigenvalue weighted by atomic mass is 35.5.